The number of rotatable bonds is 1. The predicted octanol–water partition coefficient (Wildman–Crippen LogP) is 2.06. The second kappa shape index (κ2) is 2.74. The average Bonchev–Trinajstić information content (AvgIpc) is 2.66. The molecule has 14 heavy (non-hydrogen) atoms. The van der Waals surface area contributed by atoms with Crippen molar-refractivity contribution in [2.24, 2.45) is 0 Å². The molecule has 1 aliphatic carbocycles. The van der Waals surface area contributed by atoms with Gasteiger partial charge in [0.2, 0.25) is 0 Å². The van der Waals surface area contributed by atoms with E-state index in [0.717, 1.165) is 24.1 Å². The van der Waals surface area contributed by atoms with Gasteiger partial charge in [-0.25, -0.2) is 0 Å². The maximum absolute atomic E-state index is 5.28. The van der Waals surface area contributed by atoms with Gasteiger partial charge in [-0.15, -0.1) is 0 Å². The van der Waals surface area contributed by atoms with E-state index >= 15 is 0 Å². The highest BCUT2D eigenvalue weighted by molar-refractivity contribution is 5.90. The molecule has 0 fully saturated rings. The second-order valence-electron chi connectivity index (χ2n) is 3.71. The summed E-state index contributed by atoms with van der Waals surface area (Å²) in [4.78, 5) is 0. The van der Waals surface area contributed by atoms with Gasteiger partial charge in [0.15, 0.2) is 0 Å². The van der Waals surface area contributed by atoms with Crippen molar-refractivity contribution >= 4 is 10.9 Å². The Bertz CT molecular complexity index is 487. The quantitative estimate of drug-likeness (QED) is 0.743. The molecule has 1 heterocycles. The molecule has 0 aliphatic heterocycles. The van der Waals surface area contributed by atoms with Gasteiger partial charge < -0.3 is 4.74 Å². The van der Waals surface area contributed by atoms with Gasteiger partial charge in [-0.05, 0) is 30.9 Å². The van der Waals surface area contributed by atoms with E-state index in [1.807, 2.05) is 6.07 Å². The summed E-state index contributed by atoms with van der Waals surface area (Å²) in [5.41, 5.74) is 3.65. The number of aromatic amines is 1. The van der Waals surface area contributed by atoms with Crippen LogP contribution >= 0.6 is 0 Å². The summed E-state index contributed by atoms with van der Waals surface area (Å²) in [5.74, 6) is 0.869. The minimum atomic E-state index is 0.869. The van der Waals surface area contributed by atoms with E-state index in [0.29, 0.717) is 0 Å². The lowest BCUT2D eigenvalue weighted by Crippen LogP contribution is -1.99. The number of H-pyrrole nitrogens is 1. The second-order valence-corrected chi connectivity index (χ2v) is 3.71. The topological polar surface area (TPSA) is 37.9 Å². The number of aryl methyl sites for hydroxylation is 2. The first kappa shape index (κ1) is 7.85. The molecule has 3 nitrogen and oxygen atoms in total. The van der Waals surface area contributed by atoms with Gasteiger partial charge in [0, 0.05) is 11.1 Å². The SMILES string of the molecule is COc1ccc2c3c([nH]nc13)CCC2. The molecule has 1 N–H and O–H groups in total. The van der Waals surface area contributed by atoms with Gasteiger partial charge in [0.25, 0.3) is 0 Å². The van der Waals surface area contributed by atoms with Gasteiger partial charge in [0.1, 0.15) is 11.3 Å². The van der Waals surface area contributed by atoms with Crippen LogP contribution < -0.4 is 4.74 Å². The van der Waals surface area contributed by atoms with Gasteiger partial charge in [0.05, 0.1) is 7.11 Å². The summed E-state index contributed by atoms with van der Waals surface area (Å²) >= 11 is 0. The van der Waals surface area contributed by atoms with Crippen LogP contribution in [0, 0.1) is 0 Å². The van der Waals surface area contributed by atoms with Crippen LogP contribution in [0.3, 0.4) is 0 Å². The van der Waals surface area contributed by atoms with Crippen LogP contribution in [0.25, 0.3) is 10.9 Å². The van der Waals surface area contributed by atoms with Crippen molar-refractivity contribution in [1.29, 1.82) is 0 Å². The number of nitrogens with one attached hydrogen (secondary N) is 1. The predicted molar refractivity (Wildman–Crippen MR) is 54.7 cm³/mol. The van der Waals surface area contributed by atoms with Crippen molar-refractivity contribution < 1.29 is 4.74 Å². The largest absolute Gasteiger partial charge is 0.494 e. The zero-order chi connectivity index (χ0) is 9.54. The number of ether oxygens (including phenoxy) is 1. The molecule has 0 bridgehead atoms. The standard InChI is InChI=1S/C11H12N2O/c1-14-9-6-5-7-3-2-4-8-10(7)11(9)13-12-8/h5-6H,2-4H2,1H3,(H,12,13). The van der Waals surface area contributed by atoms with E-state index in [1.165, 1.54) is 23.1 Å². The molecule has 0 spiro atoms. The molecule has 3 heteroatoms. The van der Waals surface area contributed by atoms with Crippen molar-refractivity contribution in [3.05, 3.63) is 23.4 Å². The van der Waals surface area contributed by atoms with E-state index < -0.39 is 0 Å². The third-order valence-electron chi connectivity index (χ3n) is 2.92. The fourth-order valence-corrected chi connectivity index (χ4v) is 2.25. The Labute approximate surface area is 82.1 Å². The first-order valence-corrected chi connectivity index (χ1v) is 4.93. The van der Waals surface area contributed by atoms with E-state index in [9.17, 15) is 0 Å². The zero-order valence-corrected chi connectivity index (χ0v) is 8.13. The first-order chi connectivity index (χ1) is 6.90. The molecule has 0 radical (unpaired) electrons. The molecule has 3 rings (SSSR count). The van der Waals surface area contributed by atoms with Gasteiger partial charge in [-0.1, -0.05) is 6.07 Å². The zero-order valence-electron chi connectivity index (χ0n) is 8.13. The molecule has 2 aromatic rings. The van der Waals surface area contributed by atoms with Crippen molar-refractivity contribution in [3.63, 3.8) is 0 Å². The average molecular weight is 188 g/mol. The Morgan fingerprint density at radius 2 is 2.29 bits per heavy atom. The number of aromatic nitrogens is 2. The van der Waals surface area contributed by atoms with Crippen LogP contribution in [-0.2, 0) is 12.8 Å². The highest BCUT2D eigenvalue weighted by Crippen LogP contribution is 2.33. The molecule has 1 aromatic carbocycles. The van der Waals surface area contributed by atoms with Crippen LogP contribution in [-0.4, -0.2) is 17.3 Å². The fourth-order valence-electron chi connectivity index (χ4n) is 2.25. The number of hydrogen-bond acceptors (Lipinski definition) is 2. The van der Waals surface area contributed by atoms with E-state index in [-0.39, 0.29) is 0 Å². The van der Waals surface area contributed by atoms with Gasteiger partial charge in [-0.3, -0.25) is 5.10 Å². The summed E-state index contributed by atoms with van der Waals surface area (Å²) < 4.78 is 5.28. The molecule has 0 unspecified atom stereocenters. The van der Waals surface area contributed by atoms with E-state index in [4.69, 9.17) is 4.74 Å². The summed E-state index contributed by atoms with van der Waals surface area (Å²) in [5, 5.41) is 8.70. The van der Waals surface area contributed by atoms with E-state index in [2.05, 4.69) is 16.3 Å². The molecule has 0 saturated carbocycles. The molecule has 1 aromatic heterocycles. The Kier molecular flexibility index (Phi) is 1.54. The number of nitrogens with zero attached hydrogens (tertiary/aromatic N) is 1. The summed E-state index contributed by atoms with van der Waals surface area (Å²) in [6.07, 6.45) is 3.49. The lowest BCUT2D eigenvalue weighted by Gasteiger charge is -2.11. The van der Waals surface area contributed by atoms with Crippen molar-refractivity contribution in [1.82, 2.24) is 10.2 Å². The maximum atomic E-state index is 5.28. The lowest BCUT2D eigenvalue weighted by atomic mass is 9.95. The monoisotopic (exact) mass is 188 g/mol. The Balaban J connectivity index is 2.40. The molecule has 1 aliphatic rings. The Morgan fingerprint density at radius 3 is 3.14 bits per heavy atom. The number of methoxy groups -OCH3 is 1. The third-order valence-corrected chi connectivity index (χ3v) is 2.92. The molecule has 0 atom stereocenters. The number of hydrogen-bond donors (Lipinski definition) is 1. The minimum Gasteiger partial charge on any atom is -0.494 e. The van der Waals surface area contributed by atoms with Crippen molar-refractivity contribution in [2.45, 2.75) is 19.3 Å². The van der Waals surface area contributed by atoms with Gasteiger partial charge >= 0.3 is 0 Å². The molecular weight excluding hydrogens is 176 g/mol. The lowest BCUT2D eigenvalue weighted by molar-refractivity contribution is 0.418. The van der Waals surface area contributed by atoms with Crippen LogP contribution in [0.2, 0.25) is 0 Å². The van der Waals surface area contributed by atoms with Crippen LogP contribution in [0.4, 0.5) is 0 Å². The molecule has 72 valence electrons. The summed E-state index contributed by atoms with van der Waals surface area (Å²) in [7, 11) is 1.69. The molecule has 0 saturated heterocycles. The fraction of sp³-hybridized carbons (Fsp3) is 0.364. The van der Waals surface area contributed by atoms with Crippen LogP contribution in [0.5, 0.6) is 5.75 Å². The minimum absolute atomic E-state index is 0.869. The van der Waals surface area contributed by atoms with Crippen LogP contribution in [0.1, 0.15) is 17.7 Å². The molecular formula is C11H12N2O. The number of benzene rings is 1. The Hall–Kier alpha value is -1.51. The summed E-state index contributed by atoms with van der Waals surface area (Å²) in [6, 6.07) is 4.16. The van der Waals surface area contributed by atoms with Crippen LogP contribution in [0.15, 0.2) is 12.1 Å². The van der Waals surface area contributed by atoms with Gasteiger partial charge in [-0.2, -0.15) is 5.10 Å². The van der Waals surface area contributed by atoms with Crippen molar-refractivity contribution in [2.75, 3.05) is 7.11 Å². The van der Waals surface area contributed by atoms with E-state index in [1.54, 1.807) is 7.11 Å². The normalized spacial score (nSPS) is 14.6. The summed E-state index contributed by atoms with van der Waals surface area (Å²) in [6.45, 7) is 0. The smallest absolute Gasteiger partial charge is 0.146 e. The highest BCUT2D eigenvalue weighted by atomic mass is 16.5. The van der Waals surface area contributed by atoms with Crippen molar-refractivity contribution in [3.8, 4) is 5.75 Å². The highest BCUT2D eigenvalue weighted by Gasteiger charge is 2.17. The maximum Gasteiger partial charge on any atom is 0.146 e. The Morgan fingerprint density at radius 1 is 1.36 bits per heavy atom. The first-order valence-electron chi connectivity index (χ1n) is 4.93. The molecule has 0 amide bonds. The third kappa shape index (κ3) is 0.895.